The molecule has 2 aromatic heterocycles. The van der Waals surface area contributed by atoms with Crippen LogP contribution in [0, 0.1) is 0 Å². The van der Waals surface area contributed by atoms with Crippen molar-refractivity contribution in [3.05, 3.63) is 30.4 Å². The minimum atomic E-state index is 0.715. The van der Waals surface area contributed by atoms with Gasteiger partial charge in [-0.25, -0.2) is 4.98 Å². The first-order chi connectivity index (χ1) is 9.31. The molecule has 0 bridgehead atoms. The molecule has 0 spiro atoms. The van der Waals surface area contributed by atoms with Gasteiger partial charge in [0.15, 0.2) is 0 Å². The summed E-state index contributed by atoms with van der Waals surface area (Å²) in [6.45, 7) is 3.20. The van der Waals surface area contributed by atoms with Crippen LogP contribution in [-0.4, -0.2) is 44.6 Å². The third kappa shape index (κ3) is 3.87. The molecule has 2 heterocycles. The molecule has 0 saturated carbocycles. The van der Waals surface area contributed by atoms with Crippen LogP contribution in [0.5, 0.6) is 0 Å². The monoisotopic (exact) mass is 264 g/mol. The molecule has 0 radical (unpaired) electrons. The molecule has 0 saturated heterocycles. The van der Waals surface area contributed by atoms with E-state index in [9.17, 15) is 0 Å². The number of nitrogens with one attached hydrogen (secondary N) is 1. The maximum atomic E-state index is 5.00. The molecule has 104 valence electrons. The molecule has 7 nitrogen and oxygen atoms in total. The second-order valence-corrected chi connectivity index (χ2v) is 4.36. The van der Waals surface area contributed by atoms with Crippen LogP contribution in [0.25, 0.3) is 0 Å². The Labute approximate surface area is 112 Å². The van der Waals surface area contributed by atoms with E-state index in [1.165, 1.54) is 5.69 Å². The number of rotatable bonds is 8. The maximum absolute atomic E-state index is 5.00. The van der Waals surface area contributed by atoms with Crippen molar-refractivity contribution in [3.8, 4) is 0 Å². The van der Waals surface area contributed by atoms with Gasteiger partial charge in [-0.2, -0.15) is 0 Å². The Kier molecular flexibility index (Phi) is 5.05. The molecule has 0 amide bonds. The Hall–Kier alpha value is -1.73. The molecular formula is C12H20N6O. The van der Waals surface area contributed by atoms with E-state index in [2.05, 4.69) is 25.1 Å². The number of ether oxygens (including phenoxy) is 1. The zero-order chi connectivity index (χ0) is 13.5. The average Bonchev–Trinajstić information content (AvgIpc) is 3.01. The van der Waals surface area contributed by atoms with Gasteiger partial charge in [-0.3, -0.25) is 0 Å². The molecule has 0 atom stereocenters. The van der Waals surface area contributed by atoms with Gasteiger partial charge in [0.1, 0.15) is 12.2 Å². The lowest BCUT2D eigenvalue weighted by Crippen LogP contribution is -2.20. The molecule has 1 N–H and O–H groups in total. The normalized spacial score (nSPS) is 11.1. The summed E-state index contributed by atoms with van der Waals surface area (Å²) in [6.07, 6.45) is 6.30. The minimum absolute atomic E-state index is 0.715. The van der Waals surface area contributed by atoms with Gasteiger partial charge >= 0.3 is 0 Å². The van der Waals surface area contributed by atoms with E-state index >= 15 is 0 Å². The molecule has 2 rings (SSSR count). The highest BCUT2D eigenvalue weighted by Crippen LogP contribution is 2.02. The van der Waals surface area contributed by atoms with Gasteiger partial charge in [0.05, 0.1) is 18.6 Å². The highest BCUT2D eigenvalue weighted by Gasteiger charge is 2.04. The summed E-state index contributed by atoms with van der Waals surface area (Å²) in [5, 5.41) is 11.3. The van der Waals surface area contributed by atoms with Crippen molar-refractivity contribution in [1.29, 1.82) is 0 Å². The Morgan fingerprint density at radius 2 is 2.26 bits per heavy atom. The van der Waals surface area contributed by atoms with Gasteiger partial charge in [0.2, 0.25) is 0 Å². The predicted octanol–water partition coefficient (Wildman–Crippen LogP) is -0.00970. The molecule has 0 aliphatic carbocycles. The summed E-state index contributed by atoms with van der Waals surface area (Å²) < 4.78 is 9.07. The van der Waals surface area contributed by atoms with Crippen molar-refractivity contribution in [3.63, 3.8) is 0 Å². The van der Waals surface area contributed by atoms with Crippen LogP contribution in [0.1, 0.15) is 11.5 Å². The maximum Gasteiger partial charge on any atom is 0.134 e. The summed E-state index contributed by atoms with van der Waals surface area (Å²) >= 11 is 0. The average molecular weight is 264 g/mol. The van der Waals surface area contributed by atoms with Gasteiger partial charge in [-0.15, -0.1) is 10.2 Å². The number of nitrogens with zero attached hydrogens (tertiary/aromatic N) is 5. The second kappa shape index (κ2) is 7.01. The fourth-order valence-corrected chi connectivity index (χ4v) is 1.84. The van der Waals surface area contributed by atoms with Crippen molar-refractivity contribution >= 4 is 0 Å². The third-order valence-electron chi connectivity index (χ3n) is 2.97. The van der Waals surface area contributed by atoms with Crippen molar-refractivity contribution in [2.75, 3.05) is 20.3 Å². The van der Waals surface area contributed by atoms with Crippen molar-refractivity contribution in [2.45, 2.75) is 19.5 Å². The Bertz CT molecular complexity index is 492. The quantitative estimate of drug-likeness (QED) is 0.679. The SMILES string of the molecule is COCCNCc1cncn1CCc1nncn1C. The lowest BCUT2D eigenvalue weighted by Gasteiger charge is -2.08. The smallest absolute Gasteiger partial charge is 0.134 e. The first-order valence-electron chi connectivity index (χ1n) is 6.33. The summed E-state index contributed by atoms with van der Waals surface area (Å²) in [6, 6.07) is 0. The van der Waals surface area contributed by atoms with E-state index in [4.69, 9.17) is 4.74 Å². The van der Waals surface area contributed by atoms with Crippen LogP contribution in [0.2, 0.25) is 0 Å². The highest BCUT2D eigenvalue weighted by molar-refractivity contribution is 4.98. The summed E-state index contributed by atoms with van der Waals surface area (Å²) in [5.41, 5.74) is 1.17. The van der Waals surface area contributed by atoms with Crippen LogP contribution in [0.15, 0.2) is 18.9 Å². The number of hydrogen-bond donors (Lipinski definition) is 1. The van der Waals surface area contributed by atoms with Gasteiger partial charge in [0, 0.05) is 46.4 Å². The van der Waals surface area contributed by atoms with E-state index in [0.29, 0.717) is 6.61 Å². The topological polar surface area (TPSA) is 69.8 Å². The van der Waals surface area contributed by atoms with Gasteiger partial charge in [-0.1, -0.05) is 0 Å². The third-order valence-corrected chi connectivity index (χ3v) is 2.97. The minimum Gasteiger partial charge on any atom is -0.383 e. The predicted molar refractivity (Wildman–Crippen MR) is 70.5 cm³/mol. The fraction of sp³-hybridized carbons (Fsp3) is 0.583. The zero-order valence-electron chi connectivity index (χ0n) is 11.4. The first kappa shape index (κ1) is 13.7. The largest absolute Gasteiger partial charge is 0.383 e. The van der Waals surface area contributed by atoms with Crippen molar-refractivity contribution in [1.82, 2.24) is 29.6 Å². The van der Waals surface area contributed by atoms with E-state index < -0.39 is 0 Å². The van der Waals surface area contributed by atoms with Crippen LogP contribution < -0.4 is 5.32 Å². The molecule has 2 aromatic rings. The molecular weight excluding hydrogens is 244 g/mol. The summed E-state index contributed by atoms with van der Waals surface area (Å²) in [7, 11) is 3.66. The van der Waals surface area contributed by atoms with Crippen molar-refractivity contribution < 1.29 is 4.74 Å². The number of hydrogen-bond acceptors (Lipinski definition) is 5. The number of aromatic nitrogens is 5. The lowest BCUT2D eigenvalue weighted by molar-refractivity contribution is 0.199. The number of aryl methyl sites for hydroxylation is 3. The Morgan fingerprint density at radius 3 is 3.00 bits per heavy atom. The lowest BCUT2D eigenvalue weighted by atomic mass is 10.3. The summed E-state index contributed by atoms with van der Waals surface area (Å²) in [4.78, 5) is 4.19. The number of methoxy groups -OCH3 is 1. The number of imidazole rings is 1. The van der Waals surface area contributed by atoms with Crippen LogP contribution in [0.3, 0.4) is 0 Å². The standard InChI is InChI=1S/C12H20N6O/c1-17-10-15-16-12(17)3-5-18-9-14-8-11(18)7-13-4-6-19-2/h8-10,13H,3-7H2,1-2H3. The Morgan fingerprint density at radius 1 is 1.37 bits per heavy atom. The first-order valence-corrected chi connectivity index (χ1v) is 6.33. The van der Waals surface area contributed by atoms with Crippen LogP contribution in [-0.2, 0) is 31.3 Å². The Balaban J connectivity index is 1.83. The van der Waals surface area contributed by atoms with E-state index in [0.717, 1.165) is 31.9 Å². The molecule has 0 aliphatic rings. The molecule has 0 aromatic carbocycles. The van der Waals surface area contributed by atoms with Crippen molar-refractivity contribution in [2.24, 2.45) is 7.05 Å². The van der Waals surface area contributed by atoms with E-state index in [1.807, 2.05) is 24.1 Å². The van der Waals surface area contributed by atoms with Gasteiger partial charge in [-0.05, 0) is 0 Å². The molecule has 0 unspecified atom stereocenters. The fourth-order valence-electron chi connectivity index (χ4n) is 1.84. The van der Waals surface area contributed by atoms with Gasteiger partial charge in [0.25, 0.3) is 0 Å². The summed E-state index contributed by atoms with van der Waals surface area (Å²) in [5.74, 6) is 0.979. The van der Waals surface area contributed by atoms with E-state index in [-0.39, 0.29) is 0 Å². The molecule has 0 fully saturated rings. The molecule has 19 heavy (non-hydrogen) atoms. The molecule has 7 heteroatoms. The molecule has 0 aliphatic heterocycles. The zero-order valence-corrected chi connectivity index (χ0v) is 11.4. The van der Waals surface area contributed by atoms with Crippen LogP contribution >= 0.6 is 0 Å². The van der Waals surface area contributed by atoms with E-state index in [1.54, 1.807) is 13.4 Å². The van der Waals surface area contributed by atoms with Crippen LogP contribution in [0.4, 0.5) is 0 Å². The van der Waals surface area contributed by atoms with Gasteiger partial charge < -0.3 is 19.2 Å². The highest BCUT2D eigenvalue weighted by atomic mass is 16.5. The second-order valence-electron chi connectivity index (χ2n) is 4.36.